The largest absolute Gasteiger partial charge is 0.369 e. The lowest BCUT2D eigenvalue weighted by Gasteiger charge is -2.36. The summed E-state index contributed by atoms with van der Waals surface area (Å²) in [7, 11) is 0. The van der Waals surface area contributed by atoms with E-state index in [-0.39, 0.29) is 5.56 Å². The average molecular weight is 402 g/mol. The van der Waals surface area contributed by atoms with Gasteiger partial charge in [-0.05, 0) is 42.5 Å². The fraction of sp³-hybridized carbons (Fsp3) is 0.524. The van der Waals surface area contributed by atoms with Gasteiger partial charge in [-0.25, -0.2) is 4.98 Å². The highest BCUT2D eigenvalue weighted by molar-refractivity contribution is 7.99. The summed E-state index contributed by atoms with van der Waals surface area (Å²) in [4.78, 5) is 24.2. The van der Waals surface area contributed by atoms with Gasteiger partial charge >= 0.3 is 0 Å². The van der Waals surface area contributed by atoms with Gasteiger partial charge < -0.3 is 10.2 Å². The van der Waals surface area contributed by atoms with Crippen molar-refractivity contribution in [1.82, 2.24) is 14.9 Å². The number of anilines is 3. The summed E-state index contributed by atoms with van der Waals surface area (Å²) in [6, 6.07) is 9.93. The molecule has 152 valence electrons. The summed E-state index contributed by atoms with van der Waals surface area (Å²) in [5.41, 5.74) is 2.83. The topological polar surface area (TPSA) is 64.3 Å². The number of rotatable bonds is 8. The SMILES string of the molecule is CCCN1CCN(c2ccc(Nc3nc(CSC(C)C)cc(=O)[nH]3)cc2)CC1. The zero-order valence-electron chi connectivity index (χ0n) is 17.1. The van der Waals surface area contributed by atoms with Crippen molar-refractivity contribution < 1.29 is 0 Å². The Balaban J connectivity index is 1.61. The van der Waals surface area contributed by atoms with Crippen LogP contribution in [0, 0.1) is 0 Å². The molecule has 0 amide bonds. The van der Waals surface area contributed by atoms with Gasteiger partial charge in [0.05, 0.1) is 5.69 Å². The number of benzene rings is 1. The number of aromatic amines is 1. The highest BCUT2D eigenvalue weighted by Gasteiger charge is 2.16. The van der Waals surface area contributed by atoms with Crippen LogP contribution in [0.25, 0.3) is 0 Å². The molecule has 1 aliphatic heterocycles. The van der Waals surface area contributed by atoms with Gasteiger partial charge in [-0.2, -0.15) is 11.8 Å². The predicted octanol–water partition coefficient (Wildman–Crippen LogP) is 3.69. The van der Waals surface area contributed by atoms with E-state index in [1.165, 1.54) is 18.7 Å². The van der Waals surface area contributed by atoms with Crippen LogP contribution in [0.5, 0.6) is 0 Å². The molecule has 0 atom stereocenters. The first-order chi connectivity index (χ1) is 13.5. The van der Waals surface area contributed by atoms with E-state index in [4.69, 9.17) is 0 Å². The van der Waals surface area contributed by atoms with Gasteiger partial charge in [0.2, 0.25) is 5.95 Å². The molecular formula is C21H31N5OS. The molecule has 0 radical (unpaired) electrons. The third kappa shape index (κ3) is 6.01. The molecule has 3 rings (SSSR count). The molecule has 0 saturated carbocycles. The van der Waals surface area contributed by atoms with Crippen molar-refractivity contribution in [2.75, 3.05) is 42.9 Å². The number of hydrogen-bond donors (Lipinski definition) is 2. The molecule has 1 aromatic carbocycles. The maximum Gasteiger partial charge on any atom is 0.252 e. The smallest absolute Gasteiger partial charge is 0.252 e. The van der Waals surface area contributed by atoms with Crippen LogP contribution in [0.15, 0.2) is 35.1 Å². The lowest BCUT2D eigenvalue weighted by molar-refractivity contribution is 0.258. The predicted molar refractivity (Wildman–Crippen MR) is 120 cm³/mol. The second-order valence-electron chi connectivity index (χ2n) is 7.45. The molecule has 1 saturated heterocycles. The van der Waals surface area contributed by atoms with Crippen molar-refractivity contribution in [2.24, 2.45) is 0 Å². The summed E-state index contributed by atoms with van der Waals surface area (Å²) in [5, 5.41) is 3.73. The van der Waals surface area contributed by atoms with Gasteiger partial charge in [0, 0.05) is 49.4 Å². The molecule has 2 aromatic rings. The molecule has 28 heavy (non-hydrogen) atoms. The van der Waals surface area contributed by atoms with Gasteiger partial charge in [0.1, 0.15) is 0 Å². The van der Waals surface area contributed by atoms with Gasteiger partial charge in [0.15, 0.2) is 0 Å². The van der Waals surface area contributed by atoms with Crippen molar-refractivity contribution in [3.8, 4) is 0 Å². The Hall–Kier alpha value is -1.99. The molecule has 0 unspecified atom stereocenters. The summed E-state index contributed by atoms with van der Waals surface area (Å²) in [6.45, 7) is 12.1. The molecule has 7 heteroatoms. The number of hydrogen-bond acceptors (Lipinski definition) is 6. The molecule has 6 nitrogen and oxygen atoms in total. The van der Waals surface area contributed by atoms with E-state index in [9.17, 15) is 4.79 Å². The molecule has 1 aromatic heterocycles. The number of thioether (sulfide) groups is 1. The second-order valence-corrected chi connectivity index (χ2v) is 9.01. The first-order valence-corrected chi connectivity index (χ1v) is 11.1. The highest BCUT2D eigenvalue weighted by atomic mass is 32.2. The summed E-state index contributed by atoms with van der Waals surface area (Å²) < 4.78 is 0. The van der Waals surface area contributed by atoms with Crippen LogP contribution in [0.3, 0.4) is 0 Å². The standard InChI is InChI=1S/C21H31N5OS/c1-4-9-25-10-12-26(13-11-25)19-7-5-17(6-8-19)22-21-23-18(14-20(27)24-21)15-28-16(2)3/h5-8,14,16H,4,9-13,15H2,1-3H3,(H2,22,23,24,27). The number of H-pyrrole nitrogens is 1. The second kappa shape index (κ2) is 9.98. The summed E-state index contributed by atoms with van der Waals surface area (Å²) in [6.07, 6.45) is 1.22. The number of aromatic nitrogens is 2. The molecule has 0 bridgehead atoms. The summed E-state index contributed by atoms with van der Waals surface area (Å²) in [5.74, 6) is 1.23. The number of nitrogens with zero attached hydrogens (tertiary/aromatic N) is 3. The maximum atomic E-state index is 11.9. The van der Waals surface area contributed by atoms with E-state index in [1.54, 1.807) is 17.8 Å². The third-order valence-corrected chi connectivity index (χ3v) is 5.90. The lowest BCUT2D eigenvalue weighted by Crippen LogP contribution is -2.46. The van der Waals surface area contributed by atoms with E-state index >= 15 is 0 Å². The van der Waals surface area contributed by atoms with Crippen LogP contribution < -0.4 is 15.8 Å². The van der Waals surface area contributed by atoms with E-state index < -0.39 is 0 Å². The van der Waals surface area contributed by atoms with Crippen molar-refractivity contribution in [3.05, 3.63) is 46.4 Å². The molecule has 0 spiro atoms. The van der Waals surface area contributed by atoms with E-state index in [2.05, 4.69) is 58.0 Å². The van der Waals surface area contributed by atoms with Crippen LogP contribution in [0.1, 0.15) is 32.9 Å². The zero-order valence-corrected chi connectivity index (χ0v) is 17.9. The normalized spacial score (nSPS) is 15.2. The Bertz CT molecular complexity index is 797. The number of nitrogens with one attached hydrogen (secondary N) is 2. The molecule has 0 aliphatic carbocycles. The minimum absolute atomic E-state index is 0.126. The number of piperazine rings is 1. The Kier molecular flexibility index (Phi) is 7.39. The highest BCUT2D eigenvalue weighted by Crippen LogP contribution is 2.21. The average Bonchev–Trinajstić information content (AvgIpc) is 2.68. The first kappa shape index (κ1) is 20.7. The monoisotopic (exact) mass is 401 g/mol. The molecule has 1 aliphatic rings. The van der Waals surface area contributed by atoms with Crippen LogP contribution in [-0.4, -0.2) is 52.8 Å². The Morgan fingerprint density at radius 2 is 1.89 bits per heavy atom. The Morgan fingerprint density at radius 1 is 1.18 bits per heavy atom. The van der Waals surface area contributed by atoms with Crippen molar-refractivity contribution in [2.45, 2.75) is 38.2 Å². The minimum atomic E-state index is -0.126. The Morgan fingerprint density at radius 3 is 2.54 bits per heavy atom. The van der Waals surface area contributed by atoms with Crippen molar-refractivity contribution in [3.63, 3.8) is 0 Å². The van der Waals surface area contributed by atoms with E-state index in [1.807, 2.05) is 12.1 Å². The van der Waals surface area contributed by atoms with Gasteiger partial charge in [-0.15, -0.1) is 0 Å². The summed E-state index contributed by atoms with van der Waals surface area (Å²) >= 11 is 1.78. The fourth-order valence-corrected chi connectivity index (χ4v) is 3.98. The molecular weight excluding hydrogens is 370 g/mol. The van der Waals surface area contributed by atoms with Crippen LogP contribution in [0.4, 0.5) is 17.3 Å². The molecule has 2 N–H and O–H groups in total. The Labute approximate surface area is 171 Å². The molecule has 1 fully saturated rings. The van der Waals surface area contributed by atoms with Gasteiger partial charge in [-0.1, -0.05) is 20.8 Å². The first-order valence-electron chi connectivity index (χ1n) is 10.1. The third-order valence-electron chi connectivity index (χ3n) is 4.77. The van der Waals surface area contributed by atoms with Crippen LogP contribution in [0.2, 0.25) is 0 Å². The van der Waals surface area contributed by atoms with Gasteiger partial charge in [-0.3, -0.25) is 14.7 Å². The molecule has 2 heterocycles. The zero-order chi connectivity index (χ0) is 19.9. The quantitative estimate of drug-likeness (QED) is 0.703. The maximum absolute atomic E-state index is 11.9. The van der Waals surface area contributed by atoms with Crippen molar-refractivity contribution >= 4 is 29.1 Å². The van der Waals surface area contributed by atoms with Crippen LogP contribution >= 0.6 is 11.8 Å². The fourth-order valence-electron chi connectivity index (χ4n) is 3.33. The van der Waals surface area contributed by atoms with E-state index in [0.717, 1.165) is 43.3 Å². The van der Waals surface area contributed by atoms with Crippen LogP contribution in [-0.2, 0) is 5.75 Å². The van der Waals surface area contributed by atoms with Gasteiger partial charge in [0.25, 0.3) is 5.56 Å². The minimum Gasteiger partial charge on any atom is -0.369 e. The van der Waals surface area contributed by atoms with Crippen molar-refractivity contribution in [1.29, 1.82) is 0 Å². The van der Waals surface area contributed by atoms with E-state index in [0.29, 0.717) is 11.2 Å². The lowest BCUT2D eigenvalue weighted by atomic mass is 10.2.